The summed E-state index contributed by atoms with van der Waals surface area (Å²) in [6, 6.07) is 6.27. The van der Waals surface area contributed by atoms with Crippen molar-refractivity contribution in [3.05, 3.63) is 58.2 Å². The third-order valence-corrected chi connectivity index (χ3v) is 3.01. The topological polar surface area (TPSA) is 101 Å². The summed E-state index contributed by atoms with van der Waals surface area (Å²) < 4.78 is 0. The van der Waals surface area contributed by atoms with E-state index in [4.69, 9.17) is 0 Å². The van der Waals surface area contributed by atoms with Gasteiger partial charge in [-0.15, -0.1) is 0 Å². The van der Waals surface area contributed by atoms with Gasteiger partial charge in [0.2, 0.25) is 5.91 Å². The number of nitrogens with zero attached hydrogens (tertiary/aromatic N) is 2. The number of nitrogens with one attached hydrogen (secondary N) is 2. The van der Waals surface area contributed by atoms with Crippen molar-refractivity contribution in [2.24, 2.45) is 0 Å². The van der Waals surface area contributed by atoms with Crippen molar-refractivity contribution in [1.82, 2.24) is 15.3 Å². The smallest absolute Gasteiger partial charge is 0.273 e. The fourth-order valence-electron chi connectivity index (χ4n) is 1.99. The zero-order valence-corrected chi connectivity index (χ0v) is 11.4. The van der Waals surface area contributed by atoms with E-state index in [9.17, 15) is 14.9 Å². The largest absolute Gasteiger partial charge is 0.356 e. The molecule has 1 aromatic heterocycles. The standard InChI is InChI=1S/C14H16N4O3/c19-14(17-7-3-6-13-15-8-9-16-13)10-11-4-1-2-5-12(11)18(20)21/h1-2,4-5,8-9H,3,6-7,10H2,(H,15,16)(H,17,19). The molecule has 0 bridgehead atoms. The van der Waals surface area contributed by atoms with Crippen LogP contribution in [0, 0.1) is 10.1 Å². The number of H-pyrrole nitrogens is 1. The van der Waals surface area contributed by atoms with Gasteiger partial charge < -0.3 is 10.3 Å². The highest BCUT2D eigenvalue weighted by Gasteiger charge is 2.14. The molecule has 2 rings (SSSR count). The number of aromatic nitrogens is 2. The van der Waals surface area contributed by atoms with E-state index in [1.54, 1.807) is 30.6 Å². The zero-order valence-electron chi connectivity index (χ0n) is 11.4. The highest BCUT2D eigenvalue weighted by Crippen LogP contribution is 2.17. The van der Waals surface area contributed by atoms with Gasteiger partial charge in [0.25, 0.3) is 5.69 Å². The van der Waals surface area contributed by atoms with Gasteiger partial charge in [0.1, 0.15) is 5.82 Å². The number of carbonyl (C=O) groups is 1. The molecule has 7 heteroatoms. The second-order valence-electron chi connectivity index (χ2n) is 4.55. The first-order valence-electron chi connectivity index (χ1n) is 6.64. The van der Waals surface area contributed by atoms with E-state index in [1.807, 2.05) is 0 Å². The number of rotatable bonds is 7. The average Bonchev–Trinajstić information content (AvgIpc) is 2.97. The summed E-state index contributed by atoms with van der Waals surface area (Å²) >= 11 is 0. The van der Waals surface area contributed by atoms with Crippen molar-refractivity contribution in [2.75, 3.05) is 6.54 Å². The lowest BCUT2D eigenvalue weighted by Gasteiger charge is -2.05. The molecule has 0 radical (unpaired) electrons. The number of aryl methyl sites for hydroxylation is 1. The van der Waals surface area contributed by atoms with Gasteiger partial charge in [0.15, 0.2) is 0 Å². The van der Waals surface area contributed by atoms with Crippen LogP contribution in [0.25, 0.3) is 0 Å². The number of para-hydroxylation sites is 1. The minimum absolute atomic E-state index is 0.0118. The number of aromatic amines is 1. The Bertz CT molecular complexity index is 610. The lowest BCUT2D eigenvalue weighted by atomic mass is 10.1. The van der Waals surface area contributed by atoms with Crippen LogP contribution in [0.2, 0.25) is 0 Å². The molecule has 2 N–H and O–H groups in total. The number of hydrogen-bond acceptors (Lipinski definition) is 4. The third kappa shape index (κ3) is 4.41. The van der Waals surface area contributed by atoms with Gasteiger partial charge in [-0.25, -0.2) is 4.98 Å². The molecule has 1 heterocycles. The number of benzene rings is 1. The molecule has 110 valence electrons. The molecule has 1 amide bonds. The van der Waals surface area contributed by atoms with Crippen LogP contribution < -0.4 is 5.32 Å². The molecular formula is C14H16N4O3. The van der Waals surface area contributed by atoms with E-state index in [1.165, 1.54) is 6.07 Å². The molecule has 0 aliphatic rings. The maximum absolute atomic E-state index is 11.8. The molecule has 0 aliphatic carbocycles. The van der Waals surface area contributed by atoms with Crippen molar-refractivity contribution in [3.63, 3.8) is 0 Å². The summed E-state index contributed by atoms with van der Waals surface area (Å²) in [5.41, 5.74) is 0.397. The number of hydrogen-bond donors (Lipinski definition) is 2. The van der Waals surface area contributed by atoms with Crippen LogP contribution in [0.4, 0.5) is 5.69 Å². The Morgan fingerprint density at radius 2 is 2.19 bits per heavy atom. The van der Waals surface area contributed by atoms with E-state index >= 15 is 0 Å². The van der Waals surface area contributed by atoms with E-state index in [-0.39, 0.29) is 18.0 Å². The molecule has 7 nitrogen and oxygen atoms in total. The molecule has 1 aromatic carbocycles. The van der Waals surface area contributed by atoms with E-state index in [0.29, 0.717) is 12.1 Å². The Labute approximate surface area is 121 Å². The first kappa shape index (κ1) is 14.7. The highest BCUT2D eigenvalue weighted by molar-refractivity contribution is 5.79. The molecule has 0 spiro atoms. The fourth-order valence-corrected chi connectivity index (χ4v) is 1.99. The molecule has 0 saturated heterocycles. The lowest BCUT2D eigenvalue weighted by Crippen LogP contribution is -2.26. The van der Waals surface area contributed by atoms with Gasteiger partial charge in [0.05, 0.1) is 11.3 Å². The van der Waals surface area contributed by atoms with Crippen LogP contribution in [0.15, 0.2) is 36.7 Å². The first-order valence-corrected chi connectivity index (χ1v) is 6.64. The number of nitro benzene ring substituents is 1. The molecule has 2 aromatic rings. The molecule has 0 aliphatic heterocycles. The molecule has 0 fully saturated rings. The summed E-state index contributed by atoms with van der Waals surface area (Å²) in [5, 5.41) is 13.6. The van der Waals surface area contributed by atoms with Crippen LogP contribution in [-0.2, 0) is 17.6 Å². The molecule has 0 unspecified atom stereocenters. The molecule has 0 atom stereocenters. The summed E-state index contributed by atoms with van der Waals surface area (Å²) in [6.45, 7) is 0.514. The Hall–Kier alpha value is -2.70. The van der Waals surface area contributed by atoms with Gasteiger partial charge >= 0.3 is 0 Å². The summed E-state index contributed by atoms with van der Waals surface area (Å²) in [5.74, 6) is 0.659. The predicted octanol–water partition coefficient (Wildman–Crippen LogP) is 1.61. The maximum atomic E-state index is 11.8. The maximum Gasteiger partial charge on any atom is 0.273 e. The Morgan fingerprint density at radius 1 is 1.38 bits per heavy atom. The van der Waals surface area contributed by atoms with Crippen molar-refractivity contribution < 1.29 is 9.72 Å². The van der Waals surface area contributed by atoms with Crippen molar-refractivity contribution in [3.8, 4) is 0 Å². The third-order valence-electron chi connectivity index (χ3n) is 3.01. The van der Waals surface area contributed by atoms with E-state index in [0.717, 1.165) is 18.7 Å². The number of carbonyl (C=O) groups excluding carboxylic acids is 1. The van der Waals surface area contributed by atoms with Gasteiger partial charge in [-0.05, 0) is 6.42 Å². The number of imidazole rings is 1. The Balaban J connectivity index is 1.78. The predicted molar refractivity (Wildman–Crippen MR) is 76.7 cm³/mol. The summed E-state index contributed by atoms with van der Waals surface area (Å²) in [7, 11) is 0. The average molecular weight is 288 g/mol. The second kappa shape index (κ2) is 7.18. The summed E-state index contributed by atoms with van der Waals surface area (Å²) in [4.78, 5) is 29.3. The fraction of sp³-hybridized carbons (Fsp3) is 0.286. The van der Waals surface area contributed by atoms with Gasteiger partial charge in [-0.3, -0.25) is 14.9 Å². The normalized spacial score (nSPS) is 10.3. The quantitative estimate of drug-likeness (QED) is 0.459. The van der Waals surface area contributed by atoms with E-state index < -0.39 is 4.92 Å². The van der Waals surface area contributed by atoms with Crippen LogP contribution in [0.3, 0.4) is 0 Å². The molecule has 21 heavy (non-hydrogen) atoms. The Morgan fingerprint density at radius 3 is 2.90 bits per heavy atom. The molecule has 0 saturated carbocycles. The highest BCUT2D eigenvalue weighted by atomic mass is 16.6. The van der Waals surface area contributed by atoms with Crippen molar-refractivity contribution >= 4 is 11.6 Å². The Kier molecular flexibility index (Phi) is 5.03. The van der Waals surface area contributed by atoms with Crippen LogP contribution in [0.1, 0.15) is 17.8 Å². The lowest BCUT2D eigenvalue weighted by molar-refractivity contribution is -0.385. The number of amides is 1. The van der Waals surface area contributed by atoms with Gasteiger partial charge in [-0.2, -0.15) is 0 Å². The molecular weight excluding hydrogens is 272 g/mol. The summed E-state index contributed by atoms with van der Waals surface area (Å²) in [6.07, 6.45) is 4.96. The van der Waals surface area contributed by atoms with Gasteiger partial charge in [-0.1, -0.05) is 18.2 Å². The van der Waals surface area contributed by atoms with Crippen LogP contribution in [-0.4, -0.2) is 27.3 Å². The van der Waals surface area contributed by atoms with Crippen molar-refractivity contribution in [1.29, 1.82) is 0 Å². The van der Waals surface area contributed by atoms with Crippen LogP contribution in [0.5, 0.6) is 0 Å². The number of nitro groups is 1. The first-order chi connectivity index (χ1) is 10.2. The van der Waals surface area contributed by atoms with Gasteiger partial charge in [0, 0.05) is 37.0 Å². The monoisotopic (exact) mass is 288 g/mol. The van der Waals surface area contributed by atoms with Crippen molar-refractivity contribution in [2.45, 2.75) is 19.3 Å². The van der Waals surface area contributed by atoms with Crippen LogP contribution >= 0.6 is 0 Å². The minimum Gasteiger partial charge on any atom is -0.356 e. The zero-order chi connectivity index (χ0) is 15.1. The SMILES string of the molecule is O=C(Cc1ccccc1[N+](=O)[O-])NCCCc1ncc[nH]1. The minimum atomic E-state index is -0.473. The van der Waals surface area contributed by atoms with E-state index in [2.05, 4.69) is 15.3 Å². The second-order valence-corrected chi connectivity index (χ2v) is 4.55.